The van der Waals surface area contributed by atoms with Gasteiger partial charge in [0.1, 0.15) is 0 Å². The quantitative estimate of drug-likeness (QED) is 0.661. The summed E-state index contributed by atoms with van der Waals surface area (Å²) in [7, 11) is 0. The van der Waals surface area contributed by atoms with E-state index in [0.717, 1.165) is 13.0 Å². The molecule has 2 N–H and O–H groups in total. The average molecular weight is 215 g/mol. The predicted molar refractivity (Wildman–Crippen MR) is 52.6 cm³/mol. The van der Waals surface area contributed by atoms with Gasteiger partial charge in [0, 0.05) is 26.1 Å². The van der Waals surface area contributed by atoms with E-state index in [4.69, 9.17) is 9.84 Å². The summed E-state index contributed by atoms with van der Waals surface area (Å²) in [5.74, 6) is -0.802. The molecular formula is C10H17NO4. The molecule has 0 radical (unpaired) electrons. The van der Waals surface area contributed by atoms with Crippen LogP contribution in [0.5, 0.6) is 0 Å². The molecule has 5 nitrogen and oxygen atoms in total. The Kier molecular flexibility index (Phi) is 2.95. The fourth-order valence-electron chi connectivity index (χ4n) is 2.54. The topological polar surface area (TPSA) is 70.0 Å². The average Bonchev–Trinajstić information content (AvgIpc) is 2.47. The molecule has 86 valence electrons. The number of hydrogen-bond acceptors (Lipinski definition) is 4. The molecule has 0 aromatic carbocycles. The monoisotopic (exact) mass is 215 g/mol. The minimum Gasteiger partial charge on any atom is -0.480 e. The van der Waals surface area contributed by atoms with Crippen molar-refractivity contribution in [2.75, 3.05) is 26.2 Å². The molecule has 0 bridgehead atoms. The van der Waals surface area contributed by atoms with Gasteiger partial charge in [0.2, 0.25) is 0 Å². The molecule has 0 aromatic heterocycles. The third kappa shape index (κ3) is 2.48. The molecule has 0 saturated carbocycles. The standard InChI is InChI=1S/C10H17NO4/c12-8-1-4-15-10(5-8)2-3-11(7-10)6-9(13)14/h8,12H,1-7H2,(H,13,14). The normalized spacial score (nSPS) is 37.3. The Bertz CT molecular complexity index is 258. The lowest BCUT2D eigenvalue weighted by Gasteiger charge is -2.36. The Morgan fingerprint density at radius 3 is 3.07 bits per heavy atom. The first-order valence-electron chi connectivity index (χ1n) is 5.36. The highest BCUT2D eigenvalue weighted by atomic mass is 16.5. The van der Waals surface area contributed by atoms with Crippen LogP contribution in [0.25, 0.3) is 0 Å². The van der Waals surface area contributed by atoms with Gasteiger partial charge in [-0.05, 0) is 12.8 Å². The zero-order valence-corrected chi connectivity index (χ0v) is 8.69. The van der Waals surface area contributed by atoms with Crippen molar-refractivity contribution in [3.63, 3.8) is 0 Å². The van der Waals surface area contributed by atoms with E-state index in [1.54, 1.807) is 0 Å². The van der Waals surface area contributed by atoms with Gasteiger partial charge in [-0.25, -0.2) is 0 Å². The zero-order chi connectivity index (χ0) is 10.9. The number of ether oxygens (including phenoxy) is 1. The van der Waals surface area contributed by atoms with Crippen LogP contribution in [0, 0.1) is 0 Å². The van der Waals surface area contributed by atoms with Crippen LogP contribution in [0.2, 0.25) is 0 Å². The fraction of sp³-hybridized carbons (Fsp3) is 0.900. The van der Waals surface area contributed by atoms with Crippen molar-refractivity contribution >= 4 is 5.97 Å². The molecular weight excluding hydrogens is 198 g/mol. The number of likely N-dealkylation sites (tertiary alicyclic amines) is 1. The molecule has 2 unspecified atom stereocenters. The summed E-state index contributed by atoms with van der Waals surface area (Å²) in [5.41, 5.74) is -0.285. The maximum absolute atomic E-state index is 10.6. The van der Waals surface area contributed by atoms with Crippen molar-refractivity contribution in [2.45, 2.75) is 31.0 Å². The van der Waals surface area contributed by atoms with Crippen LogP contribution in [-0.4, -0.2) is 59.0 Å². The van der Waals surface area contributed by atoms with Gasteiger partial charge >= 0.3 is 5.97 Å². The van der Waals surface area contributed by atoms with Crippen LogP contribution in [0.15, 0.2) is 0 Å². The molecule has 2 aliphatic rings. The lowest BCUT2D eigenvalue weighted by Crippen LogP contribution is -2.44. The maximum atomic E-state index is 10.6. The highest BCUT2D eigenvalue weighted by molar-refractivity contribution is 5.69. The van der Waals surface area contributed by atoms with Crippen molar-refractivity contribution in [1.82, 2.24) is 4.90 Å². The second-order valence-corrected chi connectivity index (χ2v) is 4.53. The third-order valence-electron chi connectivity index (χ3n) is 3.22. The summed E-state index contributed by atoms with van der Waals surface area (Å²) in [6.07, 6.45) is 1.88. The van der Waals surface area contributed by atoms with Crippen LogP contribution in [0.3, 0.4) is 0 Å². The Balaban J connectivity index is 1.92. The fourth-order valence-corrected chi connectivity index (χ4v) is 2.54. The van der Waals surface area contributed by atoms with E-state index in [0.29, 0.717) is 26.0 Å². The molecule has 5 heteroatoms. The highest BCUT2D eigenvalue weighted by Crippen LogP contribution is 2.33. The minimum atomic E-state index is -0.802. The molecule has 2 atom stereocenters. The third-order valence-corrected chi connectivity index (χ3v) is 3.22. The van der Waals surface area contributed by atoms with E-state index in [9.17, 15) is 9.90 Å². The summed E-state index contributed by atoms with van der Waals surface area (Å²) < 4.78 is 5.71. The number of aliphatic hydroxyl groups is 1. The number of carbonyl (C=O) groups is 1. The number of aliphatic hydroxyl groups excluding tert-OH is 1. The predicted octanol–water partition coefficient (Wildman–Crippen LogP) is -0.313. The first-order valence-corrected chi connectivity index (χ1v) is 5.36. The molecule has 0 aliphatic carbocycles. The number of nitrogens with zero attached hydrogens (tertiary/aromatic N) is 1. The Morgan fingerprint density at radius 2 is 2.40 bits per heavy atom. The van der Waals surface area contributed by atoms with E-state index < -0.39 is 5.97 Å². The molecule has 15 heavy (non-hydrogen) atoms. The largest absolute Gasteiger partial charge is 0.480 e. The van der Waals surface area contributed by atoms with Crippen LogP contribution in [0.4, 0.5) is 0 Å². The van der Waals surface area contributed by atoms with Crippen LogP contribution in [0.1, 0.15) is 19.3 Å². The maximum Gasteiger partial charge on any atom is 0.317 e. The van der Waals surface area contributed by atoms with Crippen molar-refractivity contribution in [1.29, 1.82) is 0 Å². The lowest BCUT2D eigenvalue weighted by atomic mass is 9.91. The molecule has 0 aromatic rings. The SMILES string of the molecule is O=C(O)CN1CCC2(CC(O)CCO2)C1. The Labute approximate surface area is 88.6 Å². The minimum absolute atomic E-state index is 0.0706. The summed E-state index contributed by atoms with van der Waals surface area (Å²) in [5, 5.41) is 18.3. The van der Waals surface area contributed by atoms with Gasteiger partial charge in [-0.1, -0.05) is 0 Å². The second kappa shape index (κ2) is 4.08. The van der Waals surface area contributed by atoms with Gasteiger partial charge in [0.25, 0.3) is 0 Å². The van der Waals surface area contributed by atoms with E-state index in [2.05, 4.69) is 0 Å². The summed E-state index contributed by atoms with van der Waals surface area (Å²) in [6.45, 7) is 2.04. The van der Waals surface area contributed by atoms with Gasteiger partial charge in [-0.2, -0.15) is 0 Å². The smallest absolute Gasteiger partial charge is 0.317 e. The van der Waals surface area contributed by atoms with Crippen molar-refractivity contribution < 1.29 is 19.7 Å². The highest BCUT2D eigenvalue weighted by Gasteiger charge is 2.43. The van der Waals surface area contributed by atoms with Crippen molar-refractivity contribution in [3.05, 3.63) is 0 Å². The molecule has 2 heterocycles. The van der Waals surface area contributed by atoms with Gasteiger partial charge < -0.3 is 14.9 Å². The van der Waals surface area contributed by atoms with Crippen LogP contribution in [-0.2, 0) is 9.53 Å². The molecule has 2 aliphatic heterocycles. The Morgan fingerprint density at radius 1 is 1.60 bits per heavy atom. The van der Waals surface area contributed by atoms with E-state index in [-0.39, 0.29) is 18.2 Å². The van der Waals surface area contributed by atoms with E-state index >= 15 is 0 Å². The summed E-state index contributed by atoms with van der Waals surface area (Å²) in [6, 6.07) is 0. The van der Waals surface area contributed by atoms with Crippen LogP contribution >= 0.6 is 0 Å². The number of aliphatic carboxylic acids is 1. The summed E-state index contributed by atoms with van der Waals surface area (Å²) >= 11 is 0. The molecule has 0 amide bonds. The number of carboxylic acid groups (broad SMARTS) is 1. The van der Waals surface area contributed by atoms with Crippen molar-refractivity contribution in [3.8, 4) is 0 Å². The zero-order valence-electron chi connectivity index (χ0n) is 8.69. The second-order valence-electron chi connectivity index (χ2n) is 4.53. The summed E-state index contributed by atoms with van der Waals surface area (Å²) in [4.78, 5) is 12.4. The first kappa shape index (κ1) is 10.9. The Hall–Kier alpha value is -0.650. The van der Waals surface area contributed by atoms with Gasteiger partial charge in [-0.15, -0.1) is 0 Å². The lowest BCUT2D eigenvalue weighted by molar-refractivity contribution is -0.139. The van der Waals surface area contributed by atoms with Crippen LogP contribution < -0.4 is 0 Å². The molecule has 2 saturated heterocycles. The van der Waals surface area contributed by atoms with Gasteiger partial charge in [-0.3, -0.25) is 9.69 Å². The molecule has 1 spiro atoms. The van der Waals surface area contributed by atoms with Gasteiger partial charge in [0.15, 0.2) is 0 Å². The molecule has 2 fully saturated rings. The van der Waals surface area contributed by atoms with Gasteiger partial charge in [0.05, 0.1) is 18.2 Å². The van der Waals surface area contributed by atoms with Crippen molar-refractivity contribution in [2.24, 2.45) is 0 Å². The first-order chi connectivity index (χ1) is 7.10. The number of carboxylic acids is 1. The molecule has 2 rings (SSSR count). The number of rotatable bonds is 2. The van der Waals surface area contributed by atoms with E-state index in [1.807, 2.05) is 4.90 Å². The number of hydrogen-bond donors (Lipinski definition) is 2. The van der Waals surface area contributed by atoms with E-state index in [1.165, 1.54) is 0 Å².